The number of nitrogens with zero attached hydrogens (tertiary/aromatic N) is 1. The fourth-order valence-corrected chi connectivity index (χ4v) is 2.21. The van der Waals surface area contributed by atoms with Gasteiger partial charge in [-0.3, -0.25) is 4.99 Å². The maximum absolute atomic E-state index is 4.39. The van der Waals surface area contributed by atoms with Gasteiger partial charge in [0.25, 0.3) is 0 Å². The molecule has 1 aliphatic heterocycles. The quantitative estimate of drug-likeness (QED) is 0.590. The molecule has 0 fully saturated rings. The average Bonchev–Trinajstić information content (AvgIpc) is 2.55. The van der Waals surface area contributed by atoms with Crippen LogP contribution in [0.5, 0.6) is 0 Å². The third-order valence-corrected chi connectivity index (χ3v) is 3.15. The summed E-state index contributed by atoms with van der Waals surface area (Å²) in [5.74, 6) is 3.05. The molecule has 1 rings (SSSR count). The molecule has 0 bridgehead atoms. The van der Waals surface area contributed by atoms with Crippen LogP contribution in [-0.2, 0) is 0 Å². The first kappa shape index (κ1) is 11.1. The molecule has 75 valence electrons. The Bertz CT molecular complexity index is 163. The summed E-state index contributed by atoms with van der Waals surface area (Å²) in [6.07, 6.45) is 6.68. The van der Waals surface area contributed by atoms with Crippen LogP contribution in [0.4, 0.5) is 0 Å². The molecular formula is C11H20NS. The molecular weight excluding hydrogens is 178 g/mol. The van der Waals surface area contributed by atoms with Gasteiger partial charge in [-0.15, -0.1) is 11.8 Å². The Morgan fingerprint density at radius 2 is 2.23 bits per heavy atom. The van der Waals surface area contributed by atoms with Gasteiger partial charge in [0.1, 0.15) is 0 Å². The van der Waals surface area contributed by atoms with Crippen molar-refractivity contribution >= 4 is 16.8 Å². The highest BCUT2D eigenvalue weighted by atomic mass is 32.2. The first-order chi connectivity index (χ1) is 6.29. The molecule has 1 radical (unpaired) electrons. The maximum atomic E-state index is 4.39. The van der Waals surface area contributed by atoms with Crippen molar-refractivity contribution in [2.24, 2.45) is 10.9 Å². The highest BCUT2D eigenvalue weighted by Crippen LogP contribution is 2.21. The summed E-state index contributed by atoms with van der Waals surface area (Å²) >= 11 is 1.83. The molecule has 13 heavy (non-hydrogen) atoms. The lowest BCUT2D eigenvalue weighted by Gasteiger charge is -2.03. The van der Waals surface area contributed by atoms with E-state index in [2.05, 4.69) is 24.6 Å². The van der Waals surface area contributed by atoms with E-state index in [1.165, 1.54) is 37.1 Å². The number of unbranched alkanes of at least 4 members (excludes halogenated alkanes) is 2. The lowest BCUT2D eigenvalue weighted by molar-refractivity contribution is 0.531. The van der Waals surface area contributed by atoms with Crippen molar-refractivity contribution in [2.45, 2.75) is 46.0 Å². The maximum Gasteiger partial charge on any atom is 0.0680 e. The van der Waals surface area contributed by atoms with Gasteiger partial charge in [0.05, 0.1) is 11.6 Å². The van der Waals surface area contributed by atoms with Gasteiger partial charge in [0.15, 0.2) is 0 Å². The Balaban J connectivity index is 1.89. The molecule has 1 nitrogen and oxygen atoms in total. The normalized spacial score (nSPS) is 16.7. The van der Waals surface area contributed by atoms with E-state index in [4.69, 9.17) is 0 Å². The third kappa shape index (κ3) is 5.35. The van der Waals surface area contributed by atoms with E-state index in [1.807, 2.05) is 11.8 Å². The highest BCUT2D eigenvalue weighted by Gasteiger charge is 2.06. The first-order valence-electron chi connectivity index (χ1n) is 5.30. The minimum atomic E-state index is 0.867. The van der Waals surface area contributed by atoms with Gasteiger partial charge in [-0.2, -0.15) is 0 Å². The van der Waals surface area contributed by atoms with Crippen molar-refractivity contribution in [2.75, 3.05) is 6.54 Å². The number of hydrogen-bond donors (Lipinski definition) is 0. The fraction of sp³-hybridized carbons (Fsp3) is 0.818. The SMILES string of the molecule is CC(C)CCCCCC1=NC[CH]S1. The highest BCUT2D eigenvalue weighted by molar-refractivity contribution is 8.15. The Morgan fingerprint density at radius 3 is 2.85 bits per heavy atom. The van der Waals surface area contributed by atoms with E-state index < -0.39 is 0 Å². The zero-order valence-electron chi connectivity index (χ0n) is 8.75. The summed E-state index contributed by atoms with van der Waals surface area (Å²) in [6, 6.07) is 0. The van der Waals surface area contributed by atoms with Crippen molar-refractivity contribution in [3.8, 4) is 0 Å². The minimum absolute atomic E-state index is 0.867. The molecule has 0 aromatic carbocycles. The molecule has 0 N–H and O–H groups in total. The van der Waals surface area contributed by atoms with E-state index in [-0.39, 0.29) is 0 Å². The van der Waals surface area contributed by atoms with Gasteiger partial charge < -0.3 is 0 Å². The number of aliphatic imine (C=N–C) groups is 1. The monoisotopic (exact) mass is 198 g/mol. The number of thioether (sulfide) groups is 1. The molecule has 0 atom stereocenters. The summed E-state index contributed by atoms with van der Waals surface area (Å²) in [7, 11) is 0. The van der Waals surface area contributed by atoms with E-state index in [0.717, 1.165) is 12.5 Å². The second-order valence-corrected chi connectivity index (χ2v) is 5.05. The van der Waals surface area contributed by atoms with Crippen molar-refractivity contribution in [3.63, 3.8) is 0 Å². The van der Waals surface area contributed by atoms with Crippen molar-refractivity contribution in [3.05, 3.63) is 5.75 Å². The summed E-state index contributed by atoms with van der Waals surface area (Å²) in [6.45, 7) is 5.53. The fourth-order valence-electron chi connectivity index (χ4n) is 1.45. The molecule has 0 aromatic heterocycles. The largest absolute Gasteiger partial charge is 0.282 e. The van der Waals surface area contributed by atoms with Crippen LogP contribution < -0.4 is 0 Å². The molecule has 0 unspecified atom stereocenters. The van der Waals surface area contributed by atoms with Crippen LogP contribution in [0.1, 0.15) is 46.0 Å². The van der Waals surface area contributed by atoms with Crippen LogP contribution in [0.2, 0.25) is 0 Å². The summed E-state index contributed by atoms with van der Waals surface area (Å²) in [5, 5.41) is 1.35. The van der Waals surface area contributed by atoms with Gasteiger partial charge in [-0.1, -0.05) is 33.1 Å². The summed E-state index contributed by atoms with van der Waals surface area (Å²) in [5.41, 5.74) is 0. The standard InChI is InChI=1S/C11H20NS/c1-10(2)6-4-3-5-7-11-12-8-9-13-11/h9-10H,3-8H2,1-2H3. The smallest absolute Gasteiger partial charge is 0.0680 e. The average molecular weight is 198 g/mol. The molecule has 0 aromatic rings. The van der Waals surface area contributed by atoms with E-state index in [1.54, 1.807) is 0 Å². The summed E-state index contributed by atoms with van der Waals surface area (Å²) < 4.78 is 0. The lowest BCUT2D eigenvalue weighted by atomic mass is 10.0. The molecule has 1 aliphatic rings. The Labute approximate surface area is 86.4 Å². The van der Waals surface area contributed by atoms with E-state index in [9.17, 15) is 0 Å². The third-order valence-electron chi connectivity index (χ3n) is 2.23. The Hall–Kier alpha value is 0.0200. The lowest BCUT2D eigenvalue weighted by Crippen LogP contribution is -1.90. The second kappa shape index (κ2) is 6.47. The molecule has 0 spiro atoms. The number of rotatable bonds is 6. The second-order valence-electron chi connectivity index (χ2n) is 4.01. The molecule has 0 saturated carbocycles. The van der Waals surface area contributed by atoms with Crippen molar-refractivity contribution in [1.82, 2.24) is 0 Å². The Kier molecular flexibility index (Phi) is 5.52. The van der Waals surface area contributed by atoms with Crippen LogP contribution in [0.3, 0.4) is 0 Å². The molecule has 0 saturated heterocycles. The summed E-state index contributed by atoms with van der Waals surface area (Å²) in [4.78, 5) is 4.39. The molecule has 1 heterocycles. The molecule has 0 aliphatic carbocycles. The van der Waals surface area contributed by atoms with Gasteiger partial charge in [0, 0.05) is 5.75 Å². The first-order valence-corrected chi connectivity index (χ1v) is 6.18. The van der Waals surface area contributed by atoms with E-state index in [0.29, 0.717) is 0 Å². The zero-order chi connectivity index (χ0) is 9.52. The number of hydrogen-bond acceptors (Lipinski definition) is 2. The van der Waals surface area contributed by atoms with E-state index >= 15 is 0 Å². The molecule has 0 amide bonds. The van der Waals surface area contributed by atoms with Crippen LogP contribution in [0.15, 0.2) is 4.99 Å². The van der Waals surface area contributed by atoms with Crippen LogP contribution in [0, 0.1) is 11.7 Å². The predicted molar refractivity (Wildman–Crippen MR) is 62.1 cm³/mol. The van der Waals surface area contributed by atoms with Crippen LogP contribution >= 0.6 is 11.8 Å². The zero-order valence-corrected chi connectivity index (χ0v) is 9.57. The van der Waals surface area contributed by atoms with Gasteiger partial charge in [-0.05, 0) is 18.8 Å². The van der Waals surface area contributed by atoms with Gasteiger partial charge >= 0.3 is 0 Å². The minimum Gasteiger partial charge on any atom is -0.282 e. The van der Waals surface area contributed by atoms with Gasteiger partial charge in [-0.25, -0.2) is 0 Å². The van der Waals surface area contributed by atoms with Crippen molar-refractivity contribution < 1.29 is 0 Å². The Morgan fingerprint density at radius 1 is 1.38 bits per heavy atom. The van der Waals surface area contributed by atoms with Crippen LogP contribution in [-0.4, -0.2) is 11.6 Å². The van der Waals surface area contributed by atoms with Crippen LogP contribution in [0.25, 0.3) is 0 Å². The molecule has 2 heteroatoms. The van der Waals surface area contributed by atoms with Crippen molar-refractivity contribution in [1.29, 1.82) is 0 Å². The predicted octanol–water partition coefficient (Wildman–Crippen LogP) is 3.90. The topological polar surface area (TPSA) is 12.4 Å². The van der Waals surface area contributed by atoms with Gasteiger partial charge in [0.2, 0.25) is 0 Å².